The fraction of sp³-hybridized carbons (Fsp3) is 0.467. The highest BCUT2D eigenvalue weighted by Crippen LogP contribution is 2.28. The van der Waals surface area contributed by atoms with E-state index in [-0.39, 0.29) is 5.54 Å². The standard InChI is InChI=1S/C15H22N4/c1-5-11-8-6-7-9-12(11)14-18-17-13(10-16)19(14)15(2,3)4/h6-9H,5,10,16H2,1-4H3. The van der Waals surface area contributed by atoms with Gasteiger partial charge in [0, 0.05) is 11.1 Å². The van der Waals surface area contributed by atoms with Crippen LogP contribution in [-0.4, -0.2) is 14.8 Å². The molecule has 0 atom stereocenters. The molecule has 2 N–H and O–H groups in total. The van der Waals surface area contributed by atoms with E-state index in [1.807, 2.05) is 6.07 Å². The zero-order valence-corrected chi connectivity index (χ0v) is 12.1. The Bertz CT molecular complexity index is 564. The van der Waals surface area contributed by atoms with E-state index in [0.29, 0.717) is 6.54 Å². The quantitative estimate of drug-likeness (QED) is 0.921. The van der Waals surface area contributed by atoms with Gasteiger partial charge < -0.3 is 10.3 Å². The zero-order valence-electron chi connectivity index (χ0n) is 12.1. The predicted molar refractivity (Wildman–Crippen MR) is 77.7 cm³/mol. The number of aryl methyl sites for hydroxylation is 1. The summed E-state index contributed by atoms with van der Waals surface area (Å²) in [6.07, 6.45) is 0.977. The molecule has 0 radical (unpaired) electrons. The number of benzene rings is 1. The highest BCUT2D eigenvalue weighted by Gasteiger charge is 2.23. The van der Waals surface area contributed by atoms with Gasteiger partial charge in [0.15, 0.2) is 5.82 Å². The average molecular weight is 258 g/mol. The third-order valence-electron chi connectivity index (χ3n) is 3.22. The lowest BCUT2D eigenvalue weighted by Crippen LogP contribution is -2.26. The first-order valence-electron chi connectivity index (χ1n) is 6.72. The summed E-state index contributed by atoms with van der Waals surface area (Å²) in [5, 5.41) is 8.61. The molecule has 0 unspecified atom stereocenters. The molecule has 4 nitrogen and oxygen atoms in total. The highest BCUT2D eigenvalue weighted by molar-refractivity contribution is 5.61. The van der Waals surface area contributed by atoms with Crippen molar-refractivity contribution in [2.45, 2.75) is 46.2 Å². The molecule has 1 heterocycles. The van der Waals surface area contributed by atoms with Gasteiger partial charge in [-0.1, -0.05) is 31.2 Å². The molecule has 19 heavy (non-hydrogen) atoms. The molecule has 0 fully saturated rings. The van der Waals surface area contributed by atoms with Gasteiger partial charge in [-0.15, -0.1) is 10.2 Å². The van der Waals surface area contributed by atoms with Crippen molar-refractivity contribution in [3.8, 4) is 11.4 Å². The molecule has 0 aliphatic carbocycles. The summed E-state index contributed by atoms with van der Waals surface area (Å²) in [4.78, 5) is 0. The summed E-state index contributed by atoms with van der Waals surface area (Å²) in [5.74, 6) is 1.74. The molecule has 0 amide bonds. The van der Waals surface area contributed by atoms with Crippen LogP contribution in [0.5, 0.6) is 0 Å². The lowest BCUT2D eigenvalue weighted by atomic mass is 10.0. The summed E-state index contributed by atoms with van der Waals surface area (Å²) in [6.45, 7) is 8.99. The van der Waals surface area contributed by atoms with Crippen molar-refractivity contribution in [2.75, 3.05) is 0 Å². The van der Waals surface area contributed by atoms with Gasteiger partial charge in [-0.3, -0.25) is 0 Å². The molecule has 0 aliphatic rings. The number of rotatable bonds is 3. The second kappa shape index (κ2) is 5.13. The van der Waals surface area contributed by atoms with E-state index in [4.69, 9.17) is 5.73 Å². The topological polar surface area (TPSA) is 56.7 Å². The van der Waals surface area contributed by atoms with Gasteiger partial charge in [-0.2, -0.15) is 0 Å². The van der Waals surface area contributed by atoms with Crippen LogP contribution in [0.1, 0.15) is 39.1 Å². The van der Waals surface area contributed by atoms with Crippen LogP contribution in [0.4, 0.5) is 0 Å². The normalized spacial score (nSPS) is 11.8. The molecule has 0 bridgehead atoms. The maximum atomic E-state index is 5.79. The molecule has 1 aromatic heterocycles. The van der Waals surface area contributed by atoms with Gasteiger partial charge in [-0.05, 0) is 32.8 Å². The number of aromatic nitrogens is 3. The molecule has 4 heteroatoms. The van der Waals surface area contributed by atoms with E-state index in [1.165, 1.54) is 5.56 Å². The van der Waals surface area contributed by atoms with Crippen LogP contribution >= 0.6 is 0 Å². The fourth-order valence-electron chi connectivity index (χ4n) is 2.37. The van der Waals surface area contributed by atoms with E-state index in [1.54, 1.807) is 0 Å². The predicted octanol–water partition coefficient (Wildman–Crippen LogP) is 2.72. The average Bonchev–Trinajstić information content (AvgIpc) is 2.82. The minimum atomic E-state index is -0.0889. The van der Waals surface area contributed by atoms with Crippen molar-refractivity contribution < 1.29 is 0 Å². The smallest absolute Gasteiger partial charge is 0.164 e. The van der Waals surface area contributed by atoms with Crippen LogP contribution in [-0.2, 0) is 18.5 Å². The molecule has 2 rings (SSSR count). The van der Waals surface area contributed by atoms with E-state index in [2.05, 4.69) is 60.7 Å². The van der Waals surface area contributed by atoms with Gasteiger partial charge >= 0.3 is 0 Å². The minimum Gasteiger partial charge on any atom is -0.324 e. The summed E-state index contributed by atoms with van der Waals surface area (Å²) in [7, 11) is 0. The van der Waals surface area contributed by atoms with Crippen molar-refractivity contribution in [1.29, 1.82) is 0 Å². The minimum absolute atomic E-state index is 0.0889. The Kier molecular flexibility index (Phi) is 3.71. The van der Waals surface area contributed by atoms with Crippen LogP contribution in [0.15, 0.2) is 24.3 Å². The fourth-order valence-corrected chi connectivity index (χ4v) is 2.37. The van der Waals surface area contributed by atoms with Crippen molar-refractivity contribution in [3.05, 3.63) is 35.7 Å². The maximum absolute atomic E-state index is 5.79. The number of hydrogen-bond donors (Lipinski definition) is 1. The Morgan fingerprint density at radius 1 is 1.16 bits per heavy atom. The number of nitrogens with two attached hydrogens (primary N) is 1. The van der Waals surface area contributed by atoms with Crippen LogP contribution < -0.4 is 5.73 Å². The number of hydrogen-bond acceptors (Lipinski definition) is 3. The van der Waals surface area contributed by atoms with Crippen molar-refractivity contribution in [2.24, 2.45) is 5.73 Å². The van der Waals surface area contributed by atoms with E-state index >= 15 is 0 Å². The summed E-state index contributed by atoms with van der Waals surface area (Å²) >= 11 is 0. The molecular formula is C15H22N4. The zero-order chi connectivity index (χ0) is 14.0. The Morgan fingerprint density at radius 3 is 2.42 bits per heavy atom. The van der Waals surface area contributed by atoms with Crippen LogP contribution in [0.25, 0.3) is 11.4 Å². The van der Waals surface area contributed by atoms with Crippen LogP contribution in [0.3, 0.4) is 0 Å². The van der Waals surface area contributed by atoms with Crippen molar-refractivity contribution >= 4 is 0 Å². The second-order valence-electron chi connectivity index (χ2n) is 5.66. The first-order chi connectivity index (χ1) is 8.99. The highest BCUT2D eigenvalue weighted by atomic mass is 15.3. The molecule has 1 aromatic carbocycles. The third-order valence-corrected chi connectivity index (χ3v) is 3.22. The van der Waals surface area contributed by atoms with Gasteiger partial charge in [0.05, 0.1) is 6.54 Å². The van der Waals surface area contributed by atoms with E-state index < -0.39 is 0 Å². The first-order valence-corrected chi connectivity index (χ1v) is 6.72. The van der Waals surface area contributed by atoms with Gasteiger partial charge in [0.1, 0.15) is 5.82 Å². The Balaban J connectivity index is 2.66. The first kappa shape index (κ1) is 13.7. The van der Waals surface area contributed by atoms with Crippen molar-refractivity contribution in [1.82, 2.24) is 14.8 Å². The molecular weight excluding hydrogens is 236 g/mol. The van der Waals surface area contributed by atoms with Gasteiger partial charge in [0.25, 0.3) is 0 Å². The lowest BCUT2D eigenvalue weighted by molar-refractivity contribution is 0.386. The van der Waals surface area contributed by atoms with Crippen LogP contribution in [0, 0.1) is 0 Å². The van der Waals surface area contributed by atoms with E-state index in [0.717, 1.165) is 23.6 Å². The van der Waals surface area contributed by atoms with Gasteiger partial charge in [-0.25, -0.2) is 0 Å². The third kappa shape index (κ3) is 2.54. The molecule has 102 valence electrons. The summed E-state index contributed by atoms with van der Waals surface area (Å²) in [6, 6.07) is 8.34. The van der Waals surface area contributed by atoms with Gasteiger partial charge in [0.2, 0.25) is 0 Å². The largest absolute Gasteiger partial charge is 0.324 e. The van der Waals surface area contributed by atoms with Crippen molar-refractivity contribution in [3.63, 3.8) is 0 Å². The Hall–Kier alpha value is -1.68. The number of nitrogens with zero attached hydrogens (tertiary/aromatic N) is 3. The molecule has 0 saturated heterocycles. The SMILES string of the molecule is CCc1ccccc1-c1nnc(CN)n1C(C)(C)C. The van der Waals surface area contributed by atoms with E-state index in [9.17, 15) is 0 Å². The molecule has 0 aliphatic heterocycles. The molecule has 0 spiro atoms. The monoisotopic (exact) mass is 258 g/mol. The summed E-state index contributed by atoms with van der Waals surface area (Å²) in [5.41, 5.74) is 8.12. The molecule has 0 saturated carbocycles. The maximum Gasteiger partial charge on any atom is 0.164 e. The van der Waals surface area contributed by atoms with Crippen LogP contribution in [0.2, 0.25) is 0 Å². The summed E-state index contributed by atoms with van der Waals surface area (Å²) < 4.78 is 2.14. The Morgan fingerprint density at radius 2 is 1.84 bits per heavy atom. The lowest BCUT2D eigenvalue weighted by Gasteiger charge is -2.25. The molecule has 2 aromatic rings. The second-order valence-corrected chi connectivity index (χ2v) is 5.66. The Labute approximate surface area is 114 Å².